The van der Waals surface area contributed by atoms with Crippen molar-refractivity contribution in [2.45, 2.75) is 23.0 Å². The SMILES string of the molecule is O=C(c1ccc(Br)c(C(F)(F)F)c1CBr)c1ccc(Br)c(C(F)(F)F)c1CBr. The Morgan fingerprint density at radius 3 is 1.29 bits per heavy atom. The second-order valence-corrected chi connectivity index (χ2v) is 8.32. The molecule has 0 heterocycles. The lowest BCUT2D eigenvalue weighted by Crippen LogP contribution is -2.17. The quantitative estimate of drug-likeness (QED) is 0.183. The number of ketones is 1. The molecule has 0 saturated carbocycles. The van der Waals surface area contributed by atoms with Gasteiger partial charge in [-0.2, -0.15) is 26.3 Å². The van der Waals surface area contributed by atoms with Crippen LogP contribution in [0.25, 0.3) is 0 Å². The molecule has 2 aromatic carbocycles. The Bertz CT molecular complexity index is 848. The van der Waals surface area contributed by atoms with E-state index in [1.165, 1.54) is 0 Å². The number of halogens is 10. The number of benzene rings is 2. The van der Waals surface area contributed by atoms with E-state index in [1.54, 1.807) is 0 Å². The van der Waals surface area contributed by atoms with Crippen molar-refractivity contribution >= 4 is 69.5 Å². The topological polar surface area (TPSA) is 17.1 Å². The van der Waals surface area contributed by atoms with Gasteiger partial charge >= 0.3 is 12.4 Å². The lowest BCUT2D eigenvalue weighted by molar-refractivity contribution is -0.139. The lowest BCUT2D eigenvalue weighted by Gasteiger charge is -2.19. The summed E-state index contributed by atoms with van der Waals surface area (Å²) in [5.41, 5.74) is -3.48. The van der Waals surface area contributed by atoms with Gasteiger partial charge in [-0.3, -0.25) is 4.79 Å². The summed E-state index contributed by atoms with van der Waals surface area (Å²) in [6.07, 6.45) is -9.51. The standard InChI is InChI=1S/C17H8Br4F6O/c18-5-9-7(1-3-11(20)13(9)16(22,23)24)15(28)8-2-4-12(21)14(10(8)6-19)17(25,26)27/h1-4H,5-6H2. The van der Waals surface area contributed by atoms with Crippen LogP contribution in [0.1, 0.15) is 38.2 Å². The largest absolute Gasteiger partial charge is 0.417 e. The maximum Gasteiger partial charge on any atom is 0.417 e. The average Bonchev–Trinajstić information content (AvgIpc) is 2.57. The van der Waals surface area contributed by atoms with Gasteiger partial charge in [0.25, 0.3) is 0 Å². The van der Waals surface area contributed by atoms with Crippen LogP contribution in [-0.2, 0) is 23.0 Å². The molecule has 0 aliphatic heterocycles. The summed E-state index contributed by atoms with van der Waals surface area (Å²) in [4.78, 5) is 13.0. The highest BCUT2D eigenvalue weighted by Crippen LogP contribution is 2.42. The van der Waals surface area contributed by atoms with Gasteiger partial charge in [0, 0.05) is 30.7 Å². The third kappa shape index (κ3) is 4.67. The van der Waals surface area contributed by atoms with Gasteiger partial charge in [0.2, 0.25) is 0 Å². The van der Waals surface area contributed by atoms with Crippen LogP contribution in [0.15, 0.2) is 33.2 Å². The first-order valence-electron chi connectivity index (χ1n) is 7.28. The number of hydrogen-bond donors (Lipinski definition) is 0. The van der Waals surface area contributed by atoms with E-state index >= 15 is 0 Å². The zero-order valence-electron chi connectivity index (χ0n) is 13.4. The van der Waals surface area contributed by atoms with E-state index < -0.39 is 29.3 Å². The third-order valence-electron chi connectivity index (χ3n) is 3.85. The molecule has 1 nitrogen and oxygen atoms in total. The van der Waals surface area contributed by atoms with Crippen molar-refractivity contribution in [1.82, 2.24) is 0 Å². The highest BCUT2D eigenvalue weighted by Gasteiger charge is 2.39. The molecule has 0 bridgehead atoms. The zero-order valence-corrected chi connectivity index (χ0v) is 19.8. The zero-order chi connectivity index (χ0) is 21.4. The highest BCUT2D eigenvalue weighted by molar-refractivity contribution is 9.11. The highest BCUT2D eigenvalue weighted by atomic mass is 79.9. The Kier molecular flexibility index (Phi) is 7.48. The minimum Gasteiger partial charge on any atom is -0.289 e. The van der Waals surface area contributed by atoms with E-state index in [2.05, 4.69) is 63.7 Å². The fourth-order valence-electron chi connectivity index (χ4n) is 2.70. The van der Waals surface area contributed by atoms with Crippen LogP contribution in [0.3, 0.4) is 0 Å². The van der Waals surface area contributed by atoms with Gasteiger partial charge in [0.05, 0.1) is 11.1 Å². The summed E-state index contributed by atoms with van der Waals surface area (Å²) in [5.74, 6) is -0.931. The van der Waals surface area contributed by atoms with E-state index in [-0.39, 0.29) is 41.9 Å². The molecular formula is C17H8Br4F6O. The van der Waals surface area contributed by atoms with E-state index in [4.69, 9.17) is 0 Å². The maximum absolute atomic E-state index is 13.4. The third-order valence-corrected chi connectivity index (χ3v) is 6.29. The Morgan fingerprint density at radius 2 is 1.04 bits per heavy atom. The second kappa shape index (κ2) is 8.77. The molecule has 0 aromatic heterocycles. The maximum atomic E-state index is 13.4. The van der Waals surface area contributed by atoms with E-state index in [0.717, 1.165) is 24.3 Å². The van der Waals surface area contributed by atoms with Crippen molar-refractivity contribution in [3.63, 3.8) is 0 Å². The molecule has 0 aliphatic rings. The molecule has 2 rings (SSSR count). The Hall–Kier alpha value is -0.390. The first-order valence-corrected chi connectivity index (χ1v) is 11.1. The van der Waals surface area contributed by atoms with Crippen molar-refractivity contribution in [2.75, 3.05) is 0 Å². The summed E-state index contributed by atoms with van der Waals surface area (Å²) in [5, 5.41) is -0.622. The minimum absolute atomic E-state index is 0.265. The van der Waals surface area contributed by atoms with Gasteiger partial charge in [0.1, 0.15) is 0 Å². The van der Waals surface area contributed by atoms with Crippen LogP contribution < -0.4 is 0 Å². The molecule has 0 radical (unpaired) electrons. The average molecular weight is 662 g/mol. The van der Waals surface area contributed by atoms with Crippen molar-refractivity contribution in [3.05, 3.63) is 66.6 Å². The smallest absolute Gasteiger partial charge is 0.289 e. The molecule has 152 valence electrons. The molecule has 0 unspecified atom stereocenters. The Balaban J connectivity index is 2.79. The van der Waals surface area contributed by atoms with E-state index in [1.807, 2.05) is 0 Å². The van der Waals surface area contributed by atoms with Crippen LogP contribution in [-0.4, -0.2) is 5.78 Å². The van der Waals surface area contributed by atoms with Gasteiger partial charge in [-0.15, -0.1) is 0 Å². The molecular weight excluding hydrogens is 654 g/mol. The van der Waals surface area contributed by atoms with Crippen LogP contribution >= 0.6 is 63.7 Å². The Morgan fingerprint density at radius 1 is 0.714 bits per heavy atom. The van der Waals surface area contributed by atoms with Crippen molar-refractivity contribution in [3.8, 4) is 0 Å². The van der Waals surface area contributed by atoms with Crippen LogP contribution in [0.4, 0.5) is 26.3 Å². The van der Waals surface area contributed by atoms with Crippen LogP contribution in [0.2, 0.25) is 0 Å². The summed E-state index contributed by atoms with van der Waals surface area (Å²) >= 11 is 11.5. The molecule has 0 spiro atoms. The van der Waals surface area contributed by atoms with Crippen LogP contribution in [0, 0.1) is 0 Å². The molecule has 28 heavy (non-hydrogen) atoms. The van der Waals surface area contributed by atoms with Crippen molar-refractivity contribution in [2.24, 2.45) is 0 Å². The lowest BCUT2D eigenvalue weighted by atomic mass is 9.91. The summed E-state index contributed by atoms with van der Waals surface area (Å²) < 4.78 is 80.1. The molecule has 0 saturated heterocycles. The minimum atomic E-state index is -4.76. The predicted octanol–water partition coefficient (Wildman–Crippen LogP) is 8.27. The van der Waals surface area contributed by atoms with E-state index in [0.29, 0.717) is 0 Å². The van der Waals surface area contributed by atoms with Crippen molar-refractivity contribution in [1.29, 1.82) is 0 Å². The molecule has 0 atom stereocenters. The van der Waals surface area contributed by atoms with E-state index in [9.17, 15) is 31.1 Å². The monoisotopic (exact) mass is 658 g/mol. The summed E-state index contributed by atoms with van der Waals surface area (Å²) in [6.45, 7) is 0. The number of rotatable bonds is 4. The second-order valence-electron chi connectivity index (χ2n) is 5.49. The summed E-state index contributed by atoms with van der Waals surface area (Å²) in [7, 11) is 0. The Labute approximate surface area is 189 Å². The van der Waals surface area contributed by atoms with Gasteiger partial charge < -0.3 is 0 Å². The first-order chi connectivity index (χ1) is 12.8. The fourth-order valence-corrected chi connectivity index (χ4v) is 5.06. The predicted molar refractivity (Wildman–Crippen MR) is 107 cm³/mol. The molecule has 0 aliphatic carbocycles. The molecule has 2 aromatic rings. The molecule has 0 amide bonds. The number of hydrogen-bond acceptors (Lipinski definition) is 1. The first kappa shape index (κ1) is 23.9. The molecule has 11 heteroatoms. The normalized spacial score (nSPS) is 12.4. The van der Waals surface area contributed by atoms with Gasteiger partial charge in [-0.25, -0.2) is 0 Å². The molecule has 0 fully saturated rings. The number of carbonyl (C=O) groups excluding carboxylic acids is 1. The van der Waals surface area contributed by atoms with Crippen molar-refractivity contribution < 1.29 is 31.1 Å². The van der Waals surface area contributed by atoms with Gasteiger partial charge in [0.15, 0.2) is 5.78 Å². The molecule has 0 N–H and O–H groups in total. The van der Waals surface area contributed by atoms with Gasteiger partial charge in [-0.05, 0) is 35.4 Å². The fraction of sp³-hybridized carbons (Fsp3) is 0.235. The summed E-state index contributed by atoms with van der Waals surface area (Å²) in [6, 6.07) is 4.43. The van der Waals surface area contributed by atoms with Gasteiger partial charge in [-0.1, -0.05) is 63.7 Å². The number of alkyl halides is 8. The van der Waals surface area contributed by atoms with Crippen LogP contribution in [0.5, 0.6) is 0 Å². The number of carbonyl (C=O) groups is 1.